The van der Waals surface area contributed by atoms with E-state index in [0.29, 0.717) is 0 Å². The summed E-state index contributed by atoms with van der Waals surface area (Å²) in [7, 11) is -5.77. The predicted molar refractivity (Wildman–Crippen MR) is 107 cm³/mol. The predicted octanol–water partition coefficient (Wildman–Crippen LogP) is 1.54. The highest BCUT2D eigenvalue weighted by atomic mass is 35.5. The smallest absolute Gasteiger partial charge is 0.259 e. The zero-order valence-electron chi connectivity index (χ0n) is 15.4. The Labute approximate surface area is 171 Å². The number of rotatable bonds is 6. The van der Waals surface area contributed by atoms with Gasteiger partial charge in [-0.2, -0.15) is 3.71 Å². The second kappa shape index (κ2) is 7.61. The van der Waals surface area contributed by atoms with Crippen LogP contribution < -0.4 is 9.40 Å². The minimum absolute atomic E-state index is 0.0806. The lowest BCUT2D eigenvalue weighted by atomic mass is 10.2. The molecule has 0 aliphatic carbocycles. The van der Waals surface area contributed by atoms with Gasteiger partial charge in [0.25, 0.3) is 0 Å². The van der Waals surface area contributed by atoms with E-state index in [9.17, 15) is 26.0 Å². The second-order valence-electron chi connectivity index (χ2n) is 5.70. The number of nitrogens with zero attached hydrogens (tertiary/aromatic N) is 4. The van der Waals surface area contributed by atoms with E-state index in [1.165, 1.54) is 32.6 Å². The fourth-order valence-electron chi connectivity index (χ4n) is 2.38. The van der Waals surface area contributed by atoms with E-state index < -0.39 is 59.5 Å². The van der Waals surface area contributed by atoms with Crippen LogP contribution in [0.2, 0.25) is 5.02 Å². The SMILES string of the molecule is CCS(=O)(=O)N(c1cc(-n2c(=O)n(C)n(C)c2=S)c(F)cc1Cl)S(=O)(=O)CC. The van der Waals surface area contributed by atoms with Crippen molar-refractivity contribution in [3.05, 3.63) is 38.2 Å². The molecule has 156 valence electrons. The molecule has 0 radical (unpaired) electrons. The number of halogens is 2. The van der Waals surface area contributed by atoms with Crippen LogP contribution in [-0.2, 0) is 34.1 Å². The van der Waals surface area contributed by atoms with Crippen molar-refractivity contribution in [3.8, 4) is 5.69 Å². The Kier molecular flexibility index (Phi) is 6.14. The molecule has 1 heterocycles. The molecule has 1 aromatic carbocycles. The molecule has 0 saturated heterocycles. The van der Waals surface area contributed by atoms with Gasteiger partial charge in [0.05, 0.1) is 27.9 Å². The molecule has 0 atom stereocenters. The number of benzene rings is 1. The van der Waals surface area contributed by atoms with E-state index in [0.717, 1.165) is 21.4 Å². The Morgan fingerprint density at radius 2 is 1.57 bits per heavy atom. The molecule has 2 rings (SSSR count). The van der Waals surface area contributed by atoms with Crippen LogP contribution in [0.25, 0.3) is 5.69 Å². The summed E-state index contributed by atoms with van der Waals surface area (Å²) in [4.78, 5) is 12.4. The first kappa shape index (κ1) is 22.6. The molecular weight excluding hydrogens is 455 g/mol. The van der Waals surface area contributed by atoms with Gasteiger partial charge in [-0.1, -0.05) is 11.6 Å². The molecule has 0 N–H and O–H groups in total. The van der Waals surface area contributed by atoms with Crippen molar-refractivity contribution < 1.29 is 21.2 Å². The monoisotopic (exact) mass is 472 g/mol. The summed E-state index contributed by atoms with van der Waals surface area (Å²) in [6.07, 6.45) is 0. The summed E-state index contributed by atoms with van der Waals surface area (Å²) in [5, 5.41) is -0.449. The maximum Gasteiger partial charge on any atom is 0.349 e. The zero-order valence-corrected chi connectivity index (χ0v) is 18.6. The minimum atomic E-state index is -4.33. The van der Waals surface area contributed by atoms with E-state index in [1.807, 2.05) is 0 Å². The Balaban J connectivity index is 2.96. The largest absolute Gasteiger partial charge is 0.349 e. The molecule has 0 fully saturated rings. The highest BCUT2D eigenvalue weighted by molar-refractivity contribution is 8.10. The highest BCUT2D eigenvalue weighted by Gasteiger charge is 2.34. The van der Waals surface area contributed by atoms with Crippen molar-refractivity contribution in [2.45, 2.75) is 13.8 Å². The van der Waals surface area contributed by atoms with Gasteiger partial charge in [0.15, 0.2) is 0 Å². The molecule has 2 aromatic rings. The third kappa shape index (κ3) is 3.63. The van der Waals surface area contributed by atoms with Crippen molar-refractivity contribution in [3.63, 3.8) is 0 Å². The lowest BCUT2D eigenvalue weighted by Crippen LogP contribution is -2.39. The van der Waals surface area contributed by atoms with Crippen LogP contribution in [0.5, 0.6) is 0 Å². The maximum absolute atomic E-state index is 14.6. The van der Waals surface area contributed by atoms with E-state index in [2.05, 4.69) is 0 Å². The standard InChI is InChI=1S/C14H18ClFN4O5S3/c1-5-27(22,23)20(28(24,25)6-2)11-8-12(10(16)7-9(11)15)19-13(21)17(3)18(4)14(19)26/h7-8H,5-6H2,1-4H3. The van der Waals surface area contributed by atoms with Crippen LogP contribution in [-0.4, -0.2) is 42.3 Å². The third-order valence-electron chi connectivity index (χ3n) is 4.08. The number of aromatic nitrogens is 3. The van der Waals surface area contributed by atoms with Gasteiger partial charge in [0.2, 0.25) is 24.8 Å². The van der Waals surface area contributed by atoms with Gasteiger partial charge in [0, 0.05) is 14.1 Å². The van der Waals surface area contributed by atoms with Gasteiger partial charge in [-0.15, -0.1) is 0 Å². The van der Waals surface area contributed by atoms with E-state index in [1.54, 1.807) is 0 Å². The van der Waals surface area contributed by atoms with Crippen LogP contribution in [0.15, 0.2) is 16.9 Å². The molecule has 0 aliphatic heterocycles. The van der Waals surface area contributed by atoms with E-state index in [-0.39, 0.29) is 8.48 Å². The molecule has 0 spiro atoms. The van der Waals surface area contributed by atoms with Crippen LogP contribution in [0, 0.1) is 10.6 Å². The first-order valence-corrected chi connectivity index (χ1v) is 11.9. The molecule has 28 heavy (non-hydrogen) atoms. The lowest BCUT2D eigenvalue weighted by molar-refractivity contribution is 0.573. The maximum atomic E-state index is 14.6. The van der Waals surface area contributed by atoms with Gasteiger partial charge in [-0.3, -0.25) is 4.68 Å². The zero-order chi connectivity index (χ0) is 21.6. The summed E-state index contributed by atoms with van der Waals surface area (Å²) in [5.74, 6) is -2.06. The minimum Gasteiger partial charge on any atom is -0.259 e. The number of anilines is 1. The summed E-state index contributed by atoms with van der Waals surface area (Å²) in [6, 6.07) is 1.62. The van der Waals surface area contributed by atoms with Crippen molar-refractivity contribution >= 4 is 49.6 Å². The van der Waals surface area contributed by atoms with E-state index in [4.69, 9.17) is 23.8 Å². The molecule has 0 amide bonds. The van der Waals surface area contributed by atoms with Gasteiger partial charge in [0.1, 0.15) is 5.82 Å². The molecule has 0 unspecified atom stereocenters. The van der Waals surface area contributed by atoms with Crippen LogP contribution in [0.1, 0.15) is 13.8 Å². The first-order valence-electron chi connectivity index (χ1n) is 7.90. The molecule has 0 saturated carbocycles. The topological polar surface area (TPSA) is 103 Å². The first-order chi connectivity index (χ1) is 12.8. The summed E-state index contributed by atoms with van der Waals surface area (Å²) < 4.78 is 67.8. The molecule has 14 heteroatoms. The van der Waals surface area contributed by atoms with Gasteiger partial charge in [-0.25, -0.2) is 35.3 Å². The number of sulfonamides is 2. The second-order valence-corrected chi connectivity index (χ2v) is 10.9. The summed E-state index contributed by atoms with van der Waals surface area (Å²) >= 11 is 11.1. The molecular formula is C14H18ClFN4O5S3. The lowest BCUT2D eigenvalue weighted by Gasteiger charge is -2.24. The van der Waals surface area contributed by atoms with Crippen molar-refractivity contribution in [2.24, 2.45) is 14.1 Å². The Morgan fingerprint density at radius 1 is 1.07 bits per heavy atom. The fraction of sp³-hybridized carbons (Fsp3) is 0.429. The van der Waals surface area contributed by atoms with Crippen molar-refractivity contribution in [1.82, 2.24) is 13.9 Å². The highest BCUT2D eigenvalue weighted by Crippen LogP contribution is 2.34. The van der Waals surface area contributed by atoms with Crippen molar-refractivity contribution in [2.75, 3.05) is 15.2 Å². The van der Waals surface area contributed by atoms with Gasteiger partial charge < -0.3 is 0 Å². The third-order valence-corrected chi connectivity index (χ3v) is 9.05. The van der Waals surface area contributed by atoms with Crippen molar-refractivity contribution in [1.29, 1.82) is 0 Å². The number of hydrogen-bond donors (Lipinski definition) is 0. The van der Waals surface area contributed by atoms with Crippen LogP contribution in [0.4, 0.5) is 10.1 Å². The molecule has 0 aliphatic rings. The quantitative estimate of drug-likeness (QED) is 0.591. The molecule has 0 bridgehead atoms. The Hall–Kier alpha value is -1.70. The summed E-state index contributed by atoms with van der Waals surface area (Å²) in [6.45, 7) is 2.52. The Bertz CT molecular complexity index is 1190. The van der Waals surface area contributed by atoms with E-state index >= 15 is 0 Å². The van der Waals surface area contributed by atoms with Crippen LogP contribution >= 0.6 is 23.8 Å². The normalized spacial score (nSPS) is 12.4. The number of hydrogen-bond acceptors (Lipinski definition) is 6. The average molecular weight is 473 g/mol. The van der Waals surface area contributed by atoms with Crippen LogP contribution in [0.3, 0.4) is 0 Å². The van der Waals surface area contributed by atoms with Gasteiger partial charge in [-0.05, 0) is 38.2 Å². The Morgan fingerprint density at radius 3 is 1.96 bits per heavy atom. The molecule has 9 nitrogen and oxygen atoms in total. The molecule has 1 aromatic heterocycles. The van der Waals surface area contributed by atoms with Gasteiger partial charge >= 0.3 is 5.69 Å². The summed E-state index contributed by atoms with van der Waals surface area (Å²) in [5.41, 5.74) is -1.62. The average Bonchev–Trinajstić information content (AvgIpc) is 2.80. The fourth-order valence-corrected chi connectivity index (χ4v) is 6.40.